The SMILES string of the molecule is CC(=O)c1sc2ncncc2c1O. The summed E-state index contributed by atoms with van der Waals surface area (Å²) < 4.78 is 0. The molecule has 1 N–H and O–H groups in total. The molecule has 0 spiro atoms. The van der Waals surface area contributed by atoms with E-state index in [1.165, 1.54) is 30.8 Å². The van der Waals surface area contributed by atoms with Gasteiger partial charge in [0.1, 0.15) is 21.8 Å². The van der Waals surface area contributed by atoms with Gasteiger partial charge in [0.15, 0.2) is 5.78 Å². The monoisotopic (exact) mass is 194 g/mol. The Labute approximate surface area is 77.9 Å². The van der Waals surface area contributed by atoms with Crippen LogP contribution < -0.4 is 0 Å². The molecule has 0 radical (unpaired) electrons. The smallest absolute Gasteiger partial charge is 0.173 e. The lowest BCUT2D eigenvalue weighted by molar-refractivity contribution is 0.101. The van der Waals surface area contributed by atoms with Crippen molar-refractivity contribution in [3.63, 3.8) is 0 Å². The predicted octanol–water partition coefficient (Wildman–Crippen LogP) is 1.60. The molecule has 0 aliphatic carbocycles. The molecule has 4 nitrogen and oxygen atoms in total. The molecule has 0 unspecified atom stereocenters. The van der Waals surface area contributed by atoms with Gasteiger partial charge in [-0.2, -0.15) is 0 Å². The number of carbonyl (C=O) groups excluding carboxylic acids is 1. The maximum atomic E-state index is 11.0. The van der Waals surface area contributed by atoms with E-state index in [4.69, 9.17) is 0 Å². The maximum Gasteiger partial charge on any atom is 0.173 e. The van der Waals surface area contributed by atoms with E-state index in [0.717, 1.165) is 0 Å². The van der Waals surface area contributed by atoms with Gasteiger partial charge in [-0.1, -0.05) is 0 Å². The number of hydrogen-bond acceptors (Lipinski definition) is 5. The summed E-state index contributed by atoms with van der Waals surface area (Å²) in [5.41, 5.74) is 0. The van der Waals surface area contributed by atoms with Crippen molar-refractivity contribution >= 4 is 27.3 Å². The average Bonchev–Trinajstić information content (AvgIpc) is 2.45. The first-order valence-corrected chi connectivity index (χ1v) is 4.44. The van der Waals surface area contributed by atoms with Crippen LogP contribution in [0.5, 0.6) is 5.75 Å². The number of aromatic hydroxyl groups is 1. The third-order valence-electron chi connectivity index (χ3n) is 1.66. The number of thiophene rings is 1. The van der Waals surface area contributed by atoms with Gasteiger partial charge in [0.2, 0.25) is 0 Å². The summed E-state index contributed by atoms with van der Waals surface area (Å²) in [6.07, 6.45) is 2.89. The zero-order chi connectivity index (χ0) is 9.42. The molecule has 0 saturated heterocycles. The van der Waals surface area contributed by atoms with Gasteiger partial charge < -0.3 is 5.11 Å². The van der Waals surface area contributed by atoms with E-state index in [2.05, 4.69) is 9.97 Å². The van der Waals surface area contributed by atoms with Gasteiger partial charge in [-0.3, -0.25) is 4.79 Å². The Kier molecular flexibility index (Phi) is 1.73. The van der Waals surface area contributed by atoms with Crippen molar-refractivity contribution in [2.45, 2.75) is 6.92 Å². The molecule has 0 aliphatic heterocycles. The topological polar surface area (TPSA) is 63.1 Å². The van der Waals surface area contributed by atoms with Crippen molar-refractivity contribution in [2.75, 3.05) is 0 Å². The fraction of sp³-hybridized carbons (Fsp3) is 0.125. The van der Waals surface area contributed by atoms with E-state index < -0.39 is 0 Å². The number of fused-ring (bicyclic) bond motifs is 1. The Morgan fingerprint density at radius 1 is 1.62 bits per heavy atom. The van der Waals surface area contributed by atoms with Crippen molar-refractivity contribution in [3.05, 3.63) is 17.4 Å². The minimum absolute atomic E-state index is 0.00639. The van der Waals surface area contributed by atoms with Crippen molar-refractivity contribution in [2.24, 2.45) is 0 Å². The lowest BCUT2D eigenvalue weighted by atomic mass is 10.3. The third kappa shape index (κ3) is 1.17. The molecule has 0 aliphatic rings. The molecule has 66 valence electrons. The van der Waals surface area contributed by atoms with Crippen LogP contribution in [0.4, 0.5) is 0 Å². The molecule has 2 aromatic rings. The number of ketones is 1. The molecule has 2 heterocycles. The number of carbonyl (C=O) groups is 1. The number of aromatic nitrogens is 2. The van der Waals surface area contributed by atoms with Gasteiger partial charge in [-0.25, -0.2) is 9.97 Å². The summed E-state index contributed by atoms with van der Waals surface area (Å²) >= 11 is 1.18. The molecular formula is C8H6N2O2S. The summed E-state index contributed by atoms with van der Waals surface area (Å²) in [6.45, 7) is 1.41. The molecule has 0 aromatic carbocycles. The lowest BCUT2D eigenvalue weighted by Gasteiger charge is -1.89. The zero-order valence-electron chi connectivity index (χ0n) is 6.81. The Hall–Kier alpha value is -1.49. The van der Waals surface area contributed by atoms with Gasteiger partial charge in [-0.05, 0) is 0 Å². The van der Waals surface area contributed by atoms with Crippen LogP contribution in [0.25, 0.3) is 10.2 Å². The lowest BCUT2D eigenvalue weighted by Crippen LogP contribution is -1.85. The molecular weight excluding hydrogens is 188 g/mol. The zero-order valence-corrected chi connectivity index (χ0v) is 7.63. The van der Waals surface area contributed by atoms with Gasteiger partial charge in [0, 0.05) is 13.1 Å². The van der Waals surface area contributed by atoms with Crippen LogP contribution >= 0.6 is 11.3 Å². The highest BCUT2D eigenvalue weighted by Crippen LogP contribution is 2.34. The summed E-state index contributed by atoms with van der Waals surface area (Å²) in [5, 5.41) is 10.1. The van der Waals surface area contributed by atoms with E-state index in [0.29, 0.717) is 15.1 Å². The van der Waals surface area contributed by atoms with Gasteiger partial charge in [0.05, 0.1) is 5.39 Å². The van der Waals surface area contributed by atoms with Gasteiger partial charge in [-0.15, -0.1) is 11.3 Å². The second-order valence-corrected chi connectivity index (χ2v) is 3.58. The van der Waals surface area contributed by atoms with Gasteiger partial charge >= 0.3 is 0 Å². The quantitative estimate of drug-likeness (QED) is 0.700. The Balaban J connectivity index is 2.81. The largest absolute Gasteiger partial charge is 0.506 e. The minimum Gasteiger partial charge on any atom is -0.506 e. The van der Waals surface area contributed by atoms with E-state index in [1.807, 2.05) is 0 Å². The van der Waals surface area contributed by atoms with E-state index in [-0.39, 0.29) is 11.5 Å². The fourth-order valence-electron chi connectivity index (χ4n) is 1.07. The molecule has 2 rings (SSSR count). The molecule has 0 amide bonds. The summed E-state index contributed by atoms with van der Waals surface area (Å²) in [7, 11) is 0. The normalized spacial score (nSPS) is 10.5. The second-order valence-electron chi connectivity index (χ2n) is 2.58. The van der Waals surface area contributed by atoms with Crippen molar-refractivity contribution in [1.82, 2.24) is 9.97 Å². The van der Waals surface area contributed by atoms with Crippen LogP contribution in [0.15, 0.2) is 12.5 Å². The molecule has 0 atom stereocenters. The number of rotatable bonds is 1. The van der Waals surface area contributed by atoms with Crippen LogP contribution in [0.1, 0.15) is 16.6 Å². The standard InChI is InChI=1S/C8H6N2O2S/c1-4(11)7-6(12)5-2-9-3-10-8(5)13-7/h2-3,12H,1H3. The highest BCUT2D eigenvalue weighted by atomic mass is 32.1. The van der Waals surface area contributed by atoms with Crippen molar-refractivity contribution in [1.29, 1.82) is 0 Å². The number of nitrogens with zero attached hydrogens (tertiary/aromatic N) is 2. The molecule has 2 aromatic heterocycles. The first-order valence-electron chi connectivity index (χ1n) is 3.62. The molecule has 0 saturated carbocycles. The average molecular weight is 194 g/mol. The summed E-state index contributed by atoms with van der Waals surface area (Å²) in [5.74, 6) is -0.159. The summed E-state index contributed by atoms with van der Waals surface area (Å²) in [6, 6.07) is 0. The first kappa shape index (κ1) is 8.12. The van der Waals surface area contributed by atoms with Gasteiger partial charge in [0.25, 0.3) is 0 Å². The van der Waals surface area contributed by atoms with E-state index >= 15 is 0 Å². The molecule has 0 bridgehead atoms. The van der Waals surface area contributed by atoms with Crippen LogP contribution in [-0.4, -0.2) is 20.9 Å². The van der Waals surface area contributed by atoms with Crippen molar-refractivity contribution < 1.29 is 9.90 Å². The van der Waals surface area contributed by atoms with Crippen LogP contribution in [0.3, 0.4) is 0 Å². The summed E-state index contributed by atoms with van der Waals surface area (Å²) in [4.78, 5) is 19.7. The minimum atomic E-state index is -0.152. The number of hydrogen-bond donors (Lipinski definition) is 1. The Morgan fingerprint density at radius 3 is 3.00 bits per heavy atom. The fourth-order valence-corrected chi connectivity index (χ4v) is 1.97. The van der Waals surface area contributed by atoms with Crippen LogP contribution in [0, 0.1) is 0 Å². The second kappa shape index (κ2) is 2.77. The van der Waals surface area contributed by atoms with Crippen LogP contribution in [0.2, 0.25) is 0 Å². The number of Topliss-reactive ketones (excluding diaryl/α,β-unsaturated/α-hetero) is 1. The Morgan fingerprint density at radius 2 is 2.38 bits per heavy atom. The molecule has 13 heavy (non-hydrogen) atoms. The molecule has 5 heteroatoms. The molecule has 0 fully saturated rings. The van der Waals surface area contributed by atoms with E-state index in [1.54, 1.807) is 0 Å². The van der Waals surface area contributed by atoms with Crippen molar-refractivity contribution in [3.8, 4) is 5.75 Å². The first-order chi connectivity index (χ1) is 6.20. The highest BCUT2D eigenvalue weighted by molar-refractivity contribution is 7.20. The Bertz CT molecular complexity index is 478. The third-order valence-corrected chi connectivity index (χ3v) is 2.87. The van der Waals surface area contributed by atoms with Crippen LogP contribution in [-0.2, 0) is 0 Å². The van der Waals surface area contributed by atoms with E-state index in [9.17, 15) is 9.90 Å². The predicted molar refractivity (Wildman–Crippen MR) is 49.1 cm³/mol. The maximum absolute atomic E-state index is 11.0. The highest BCUT2D eigenvalue weighted by Gasteiger charge is 2.14.